The number of halogens is 7. The van der Waals surface area contributed by atoms with Crippen molar-refractivity contribution >= 4 is 0 Å². The molecule has 1 saturated carbocycles. The van der Waals surface area contributed by atoms with Crippen LogP contribution in [0.1, 0.15) is 75.5 Å². The SMILES string of the molecule is CCCCCCO[C@@H]1C[N@+]2(Cc3cc(C(F)(F)F)cc(C(F)(F)F)c3)CC[C@@H]3CC[C@H]1[C@@]32C.[Br-]. The fourth-order valence-corrected chi connectivity index (χ4v) is 7.12. The molecule has 2 nitrogen and oxygen atoms in total. The van der Waals surface area contributed by atoms with Crippen molar-refractivity contribution in [2.24, 2.45) is 11.8 Å². The number of hydrogen-bond donors (Lipinski definition) is 0. The highest BCUT2D eigenvalue weighted by atomic mass is 79.9. The fourth-order valence-electron chi connectivity index (χ4n) is 7.12. The molecule has 1 aliphatic carbocycles. The second-order valence-electron chi connectivity index (χ2n) is 10.5. The first-order valence-corrected chi connectivity index (χ1v) is 12.2. The van der Waals surface area contributed by atoms with E-state index in [1.165, 1.54) is 0 Å². The highest BCUT2D eigenvalue weighted by molar-refractivity contribution is 5.33. The Morgan fingerprint density at radius 1 is 0.941 bits per heavy atom. The summed E-state index contributed by atoms with van der Waals surface area (Å²) in [5, 5.41) is 0. The quantitative estimate of drug-likeness (QED) is 0.264. The van der Waals surface area contributed by atoms with E-state index in [2.05, 4.69) is 13.8 Å². The summed E-state index contributed by atoms with van der Waals surface area (Å²) in [6.07, 6.45) is -2.16. The van der Waals surface area contributed by atoms with Gasteiger partial charge in [0.15, 0.2) is 0 Å². The van der Waals surface area contributed by atoms with Crippen LogP contribution >= 0.6 is 0 Å². The van der Waals surface area contributed by atoms with Gasteiger partial charge in [-0.2, -0.15) is 26.3 Å². The third kappa shape index (κ3) is 4.90. The molecule has 0 radical (unpaired) electrons. The van der Waals surface area contributed by atoms with Crippen molar-refractivity contribution in [3.63, 3.8) is 0 Å². The van der Waals surface area contributed by atoms with Crippen molar-refractivity contribution in [2.75, 3.05) is 19.7 Å². The van der Waals surface area contributed by atoms with Crippen LogP contribution in [0.4, 0.5) is 26.3 Å². The smallest absolute Gasteiger partial charge is 0.416 e. The Morgan fingerprint density at radius 3 is 2.18 bits per heavy atom. The Hall–Kier alpha value is -0.800. The summed E-state index contributed by atoms with van der Waals surface area (Å²) in [6, 6.07) is 2.06. The Morgan fingerprint density at radius 2 is 1.59 bits per heavy atom. The Labute approximate surface area is 208 Å². The molecule has 3 aliphatic rings. The largest absolute Gasteiger partial charge is 1.00 e. The molecule has 9 heteroatoms. The van der Waals surface area contributed by atoms with Crippen molar-refractivity contribution in [1.82, 2.24) is 0 Å². The van der Waals surface area contributed by atoms with Gasteiger partial charge in [-0.1, -0.05) is 26.2 Å². The third-order valence-electron chi connectivity index (χ3n) is 8.77. The van der Waals surface area contributed by atoms with E-state index in [9.17, 15) is 26.3 Å². The molecule has 2 heterocycles. The Kier molecular flexibility index (Phi) is 8.11. The van der Waals surface area contributed by atoms with E-state index in [-0.39, 0.29) is 46.8 Å². The van der Waals surface area contributed by atoms with Gasteiger partial charge in [0.1, 0.15) is 24.7 Å². The van der Waals surface area contributed by atoms with Crippen LogP contribution in [0, 0.1) is 11.8 Å². The maximum Gasteiger partial charge on any atom is 0.416 e. The van der Waals surface area contributed by atoms with E-state index in [1.807, 2.05) is 0 Å². The molecule has 1 aromatic carbocycles. The van der Waals surface area contributed by atoms with Gasteiger partial charge in [0.25, 0.3) is 0 Å². The van der Waals surface area contributed by atoms with Crippen LogP contribution in [0.5, 0.6) is 0 Å². The minimum absolute atomic E-state index is 0. The molecule has 34 heavy (non-hydrogen) atoms. The number of ether oxygens (including phenoxy) is 1. The number of alkyl halides is 6. The van der Waals surface area contributed by atoms with Crippen LogP contribution < -0.4 is 17.0 Å². The van der Waals surface area contributed by atoms with E-state index >= 15 is 0 Å². The monoisotopic (exact) mass is 557 g/mol. The number of nitrogens with zero attached hydrogens (tertiary/aromatic N) is 1. The molecule has 194 valence electrons. The lowest BCUT2D eigenvalue weighted by molar-refractivity contribution is -0.966. The second-order valence-corrected chi connectivity index (χ2v) is 10.5. The number of hydrogen-bond acceptors (Lipinski definition) is 1. The zero-order chi connectivity index (χ0) is 24.1. The summed E-state index contributed by atoms with van der Waals surface area (Å²) in [7, 11) is 0. The summed E-state index contributed by atoms with van der Waals surface area (Å²) in [5.74, 6) is 0.758. The van der Waals surface area contributed by atoms with Crippen LogP contribution in [0.2, 0.25) is 0 Å². The predicted molar refractivity (Wildman–Crippen MR) is 113 cm³/mol. The van der Waals surface area contributed by atoms with Crippen molar-refractivity contribution < 1.29 is 52.5 Å². The molecule has 1 aromatic rings. The number of benzene rings is 1. The summed E-state index contributed by atoms with van der Waals surface area (Å²) in [5.41, 5.74) is -2.48. The zero-order valence-electron chi connectivity index (χ0n) is 19.7. The van der Waals surface area contributed by atoms with Crippen LogP contribution in [0.15, 0.2) is 18.2 Å². The maximum atomic E-state index is 13.4. The average Bonchev–Trinajstić information content (AvgIpc) is 3.29. The molecule has 0 spiro atoms. The molecule has 2 saturated heterocycles. The first-order chi connectivity index (χ1) is 15.4. The number of quaternary nitrogens is 1. The van der Waals surface area contributed by atoms with Gasteiger partial charge in [0, 0.05) is 30.4 Å². The third-order valence-corrected chi connectivity index (χ3v) is 8.77. The molecular weight excluding hydrogens is 524 g/mol. The highest BCUT2D eigenvalue weighted by Crippen LogP contribution is 2.61. The fraction of sp³-hybridized carbons (Fsp3) is 0.760. The lowest BCUT2D eigenvalue weighted by Gasteiger charge is -2.44. The lowest BCUT2D eigenvalue weighted by Crippen LogP contribution is -3.00. The van der Waals surface area contributed by atoms with Crippen molar-refractivity contribution in [3.05, 3.63) is 34.9 Å². The van der Waals surface area contributed by atoms with Gasteiger partial charge in [-0.25, -0.2) is 0 Å². The van der Waals surface area contributed by atoms with Gasteiger partial charge in [0.05, 0.1) is 17.7 Å². The lowest BCUT2D eigenvalue weighted by atomic mass is 9.83. The molecule has 0 aromatic heterocycles. The first kappa shape index (κ1) is 27.8. The van der Waals surface area contributed by atoms with Crippen molar-refractivity contribution in [3.8, 4) is 0 Å². The molecule has 0 bridgehead atoms. The summed E-state index contributed by atoms with van der Waals surface area (Å²) >= 11 is 0. The van der Waals surface area contributed by atoms with Crippen LogP contribution in [0.3, 0.4) is 0 Å². The van der Waals surface area contributed by atoms with Gasteiger partial charge >= 0.3 is 12.4 Å². The average molecular weight is 558 g/mol. The molecule has 2 aliphatic heterocycles. The van der Waals surface area contributed by atoms with Crippen LogP contribution in [-0.2, 0) is 23.6 Å². The first-order valence-electron chi connectivity index (χ1n) is 12.2. The van der Waals surface area contributed by atoms with Crippen molar-refractivity contribution in [2.45, 2.75) is 89.3 Å². The van der Waals surface area contributed by atoms with Gasteiger partial charge < -0.3 is 26.2 Å². The van der Waals surface area contributed by atoms with Gasteiger partial charge in [0.2, 0.25) is 0 Å². The van der Waals surface area contributed by atoms with Crippen LogP contribution in [-0.4, -0.2) is 35.8 Å². The van der Waals surface area contributed by atoms with Gasteiger partial charge in [-0.05, 0) is 44.4 Å². The Bertz CT molecular complexity index is 827. The second kappa shape index (κ2) is 9.92. The normalized spacial score (nSPS) is 32.6. The van der Waals surface area contributed by atoms with Gasteiger partial charge in [-0.15, -0.1) is 0 Å². The van der Waals surface area contributed by atoms with E-state index in [4.69, 9.17) is 4.74 Å². The van der Waals surface area contributed by atoms with E-state index < -0.39 is 23.5 Å². The summed E-state index contributed by atoms with van der Waals surface area (Å²) in [4.78, 5) is 0. The summed E-state index contributed by atoms with van der Waals surface area (Å²) < 4.78 is 87.4. The topological polar surface area (TPSA) is 9.23 Å². The predicted octanol–water partition coefficient (Wildman–Crippen LogP) is 4.21. The zero-order valence-corrected chi connectivity index (χ0v) is 21.3. The minimum Gasteiger partial charge on any atom is -1.00 e. The molecule has 5 atom stereocenters. The van der Waals surface area contributed by atoms with E-state index in [0.717, 1.165) is 63.6 Å². The standard InChI is InChI=1S/C25H34F6NO.BrH/c1-3-4-5-6-11-33-22-16-32(10-9-18-7-8-21(22)23(18,32)2)15-17-12-19(24(26,27)28)14-20(13-17)25(29,30)31;/h12-14,18,21-22H,3-11,15-16H2,1-2H3;1H/q+1;/p-1/t18-,21+,22+,23+,32+;/m0./s1. The molecule has 0 unspecified atom stereocenters. The molecular formula is C25H34BrF6NO. The maximum absolute atomic E-state index is 13.4. The molecule has 0 N–H and O–H groups in total. The number of rotatable bonds is 8. The van der Waals surface area contributed by atoms with Crippen LogP contribution in [0.25, 0.3) is 0 Å². The van der Waals surface area contributed by atoms with Gasteiger partial charge in [-0.3, -0.25) is 0 Å². The van der Waals surface area contributed by atoms with E-state index in [1.54, 1.807) is 0 Å². The van der Waals surface area contributed by atoms with E-state index in [0.29, 0.717) is 29.5 Å². The molecule has 3 fully saturated rings. The molecule has 4 rings (SSSR count). The highest BCUT2D eigenvalue weighted by Gasteiger charge is 2.71. The molecule has 0 amide bonds. The number of unbranched alkanes of at least 4 members (excludes halogenated alkanes) is 3. The van der Waals surface area contributed by atoms with Crippen molar-refractivity contribution in [1.29, 1.82) is 0 Å². The Balaban J connectivity index is 0.00000324. The summed E-state index contributed by atoms with van der Waals surface area (Å²) in [6.45, 7) is 6.67. The minimum atomic E-state index is -4.82.